The number of morpholine rings is 1. The molecule has 2 aromatic rings. The third kappa shape index (κ3) is 7.87. The second-order valence-electron chi connectivity index (χ2n) is 13.9. The molecule has 1 aromatic heterocycles. The molecule has 10 nitrogen and oxygen atoms in total. The van der Waals surface area contributed by atoms with Crippen LogP contribution in [-0.2, 0) is 16.0 Å². The Morgan fingerprint density at radius 1 is 1.07 bits per heavy atom. The van der Waals surface area contributed by atoms with Crippen molar-refractivity contribution in [3.8, 4) is 5.88 Å². The van der Waals surface area contributed by atoms with E-state index in [1.807, 2.05) is 17.9 Å². The van der Waals surface area contributed by atoms with Crippen LogP contribution in [0.4, 0.5) is 15.9 Å². The molecule has 11 heteroatoms. The lowest BCUT2D eigenvalue weighted by molar-refractivity contribution is -0.122. The minimum absolute atomic E-state index is 0.0345. The summed E-state index contributed by atoms with van der Waals surface area (Å²) < 4.78 is 25.5. The highest BCUT2D eigenvalue weighted by Crippen LogP contribution is 2.37. The zero-order valence-corrected chi connectivity index (χ0v) is 27.3. The number of fused-ring (bicyclic) bond motifs is 1. The van der Waals surface area contributed by atoms with E-state index in [4.69, 9.17) is 14.5 Å². The highest BCUT2D eigenvalue weighted by atomic mass is 19.1. The third-order valence-electron chi connectivity index (χ3n) is 8.68. The van der Waals surface area contributed by atoms with Crippen LogP contribution >= 0.6 is 0 Å². The van der Waals surface area contributed by atoms with Gasteiger partial charge in [-0.05, 0) is 72.2 Å². The van der Waals surface area contributed by atoms with Crippen molar-refractivity contribution in [2.45, 2.75) is 90.6 Å². The predicted molar refractivity (Wildman–Crippen MR) is 172 cm³/mol. The average molecular weight is 612 g/mol. The third-order valence-corrected chi connectivity index (χ3v) is 8.68. The number of pyridine rings is 1. The SMILES string of the molecule is C[C@@H]1CN(CC(=O)N2c3cc(Cc4ccc(F)cc4)c(NNC(C)(C)C)nc3OC[C@@H]2C)[C@@H](CN2[C@H](C)COC[C@H]2C)CN1. The lowest BCUT2D eigenvalue weighted by atomic mass is 10.0. The van der Waals surface area contributed by atoms with Crippen LogP contribution in [0.3, 0.4) is 0 Å². The van der Waals surface area contributed by atoms with E-state index >= 15 is 0 Å². The summed E-state index contributed by atoms with van der Waals surface area (Å²) in [4.78, 5) is 25.8. The molecule has 0 saturated carbocycles. The standard InChI is InChI=1S/C33H50FN7O3/c1-21-15-39(28(14-35-21)16-40-22(2)18-43-19-23(40)3)17-30(42)41-24(4)20-44-32-29(41)13-26(12-25-8-10-27(34)11-9-25)31(36-32)37-38-33(5,6)7/h8-11,13,21-24,28,35,38H,12,14-20H2,1-7H3,(H,36,37)/t21-,22-,23-,24+,28-/m1/s1. The molecule has 5 atom stereocenters. The average Bonchev–Trinajstić information content (AvgIpc) is 2.95. The number of nitrogens with zero attached hydrogens (tertiary/aromatic N) is 4. The highest BCUT2D eigenvalue weighted by molar-refractivity contribution is 5.97. The summed E-state index contributed by atoms with van der Waals surface area (Å²) in [6.45, 7) is 19.4. The van der Waals surface area contributed by atoms with E-state index in [9.17, 15) is 9.18 Å². The molecule has 2 fully saturated rings. The van der Waals surface area contributed by atoms with E-state index in [-0.39, 0.29) is 29.3 Å². The first-order chi connectivity index (χ1) is 20.9. The molecule has 0 aliphatic carbocycles. The van der Waals surface area contributed by atoms with Crippen molar-refractivity contribution in [2.24, 2.45) is 0 Å². The van der Waals surface area contributed by atoms with Gasteiger partial charge >= 0.3 is 0 Å². The van der Waals surface area contributed by atoms with Crippen molar-refractivity contribution < 1.29 is 18.7 Å². The van der Waals surface area contributed by atoms with Crippen molar-refractivity contribution in [3.63, 3.8) is 0 Å². The van der Waals surface area contributed by atoms with Crippen LogP contribution in [0, 0.1) is 5.82 Å². The van der Waals surface area contributed by atoms with Gasteiger partial charge in [-0.3, -0.25) is 14.6 Å². The number of piperazine rings is 1. The van der Waals surface area contributed by atoms with Gasteiger partial charge in [-0.2, -0.15) is 4.98 Å². The topological polar surface area (TPSA) is 94.2 Å². The predicted octanol–water partition coefficient (Wildman–Crippen LogP) is 3.41. The maximum absolute atomic E-state index is 14.2. The number of hydrogen-bond acceptors (Lipinski definition) is 9. The number of halogens is 1. The van der Waals surface area contributed by atoms with E-state index in [0.29, 0.717) is 55.1 Å². The normalized spacial score (nSPS) is 26.6. The number of aromatic nitrogens is 1. The Kier molecular flexibility index (Phi) is 10.1. The molecule has 3 aliphatic rings. The molecule has 0 unspecified atom stereocenters. The van der Waals surface area contributed by atoms with Gasteiger partial charge in [0.05, 0.1) is 25.8 Å². The van der Waals surface area contributed by atoms with Gasteiger partial charge in [0.25, 0.3) is 0 Å². The van der Waals surface area contributed by atoms with Crippen LogP contribution in [0.5, 0.6) is 5.88 Å². The summed E-state index contributed by atoms with van der Waals surface area (Å²) in [5, 5.41) is 3.63. The Morgan fingerprint density at radius 2 is 1.77 bits per heavy atom. The minimum atomic E-state index is -0.276. The van der Waals surface area contributed by atoms with E-state index in [2.05, 4.69) is 67.5 Å². The number of carbonyl (C=O) groups is 1. The molecular weight excluding hydrogens is 561 g/mol. The number of nitrogens with one attached hydrogen (secondary N) is 3. The number of carbonyl (C=O) groups excluding carboxylic acids is 1. The van der Waals surface area contributed by atoms with Crippen LogP contribution in [-0.4, -0.2) is 102 Å². The lowest BCUT2D eigenvalue weighted by Gasteiger charge is -2.46. The van der Waals surface area contributed by atoms with Crippen molar-refractivity contribution in [3.05, 3.63) is 47.3 Å². The minimum Gasteiger partial charge on any atom is -0.474 e. The second kappa shape index (κ2) is 13.7. The summed E-state index contributed by atoms with van der Waals surface area (Å²) in [7, 11) is 0. The Morgan fingerprint density at radius 3 is 2.45 bits per heavy atom. The van der Waals surface area contributed by atoms with Crippen LogP contribution < -0.4 is 25.8 Å². The van der Waals surface area contributed by atoms with Gasteiger partial charge in [-0.15, -0.1) is 0 Å². The highest BCUT2D eigenvalue weighted by Gasteiger charge is 2.37. The fourth-order valence-corrected chi connectivity index (χ4v) is 6.30. The number of anilines is 2. The zero-order chi connectivity index (χ0) is 31.6. The molecule has 1 amide bonds. The maximum Gasteiger partial charge on any atom is 0.241 e. The van der Waals surface area contributed by atoms with Gasteiger partial charge in [-0.25, -0.2) is 9.82 Å². The molecule has 1 aromatic carbocycles. The number of ether oxygens (including phenoxy) is 2. The molecule has 4 heterocycles. The number of hydrazine groups is 1. The number of amides is 1. The number of rotatable bonds is 8. The van der Waals surface area contributed by atoms with Gasteiger partial charge in [0.2, 0.25) is 11.8 Å². The Hall–Kier alpha value is -2.83. The van der Waals surface area contributed by atoms with Crippen LogP contribution in [0.25, 0.3) is 0 Å². The fourth-order valence-electron chi connectivity index (χ4n) is 6.30. The summed E-state index contributed by atoms with van der Waals surface area (Å²) in [6, 6.07) is 9.50. The lowest BCUT2D eigenvalue weighted by Crippen LogP contribution is -2.63. The van der Waals surface area contributed by atoms with Crippen molar-refractivity contribution in [2.75, 3.05) is 56.3 Å². The first-order valence-corrected chi connectivity index (χ1v) is 15.9. The van der Waals surface area contributed by atoms with Crippen LogP contribution in [0.1, 0.15) is 59.6 Å². The van der Waals surface area contributed by atoms with E-state index in [0.717, 1.165) is 44.0 Å². The molecule has 0 bridgehead atoms. The molecule has 0 radical (unpaired) electrons. The van der Waals surface area contributed by atoms with Gasteiger partial charge in [0, 0.05) is 61.3 Å². The van der Waals surface area contributed by atoms with Gasteiger partial charge in [0.1, 0.15) is 23.9 Å². The fraction of sp³-hybridized carbons (Fsp3) is 0.636. The molecule has 3 aliphatic heterocycles. The maximum atomic E-state index is 14.2. The van der Waals surface area contributed by atoms with Crippen molar-refractivity contribution >= 4 is 17.4 Å². The Labute approximate surface area is 261 Å². The summed E-state index contributed by atoms with van der Waals surface area (Å²) >= 11 is 0. The molecular formula is C33H50FN7O3. The van der Waals surface area contributed by atoms with E-state index < -0.39 is 0 Å². The Balaban J connectivity index is 1.41. The molecule has 242 valence electrons. The molecule has 44 heavy (non-hydrogen) atoms. The second-order valence-corrected chi connectivity index (χ2v) is 13.9. The quantitative estimate of drug-likeness (QED) is 0.389. The van der Waals surface area contributed by atoms with Gasteiger partial charge in [-0.1, -0.05) is 12.1 Å². The van der Waals surface area contributed by atoms with Crippen LogP contribution in [0.15, 0.2) is 30.3 Å². The zero-order valence-electron chi connectivity index (χ0n) is 27.3. The summed E-state index contributed by atoms with van der Waals surface area (Å²) in [5.74, 6) is 0.808. The smallest absolute Gasteiger partial charge is 0.241 e. The monoisotopic (exact) mass is 611 g/mol. The van der Waals surface area contributed by atoms with Crippen LogP contribution in [0.2, 0.25) is 0 Å². The number of hydrogen-bond donors (Lipinski definition) is 3. The molecule has 3 N–H and O–H groups in total. The largest absolute Gasteiger partial charge is 0.474 e. The molecule has 5 rings (SSSR count). The summed E-state index contributed by atoms with van der Waals surface area (Å²) in [6.07, 6.45) is 0.512. The summed E-state index contributed by atoms with van der Waals surface area (Å²) in [5.41, 5.74) is 8.84. The first kappa shape index (κ1) is 32.6. The molecule has 2 saturated heterocycles. The Bertz CT molecular complexity index is 1280. The van der Waals surface area contributed by atoms with Crippen molar-refractivity contribution in [1.29, 1.82) is 0 Å². The van der Waals surface area contributed by atoms with Crippen molar-refractivity contribution in [1.82, 2.24) is 25.5 Å². The van der Waals surface area contributed by atoms with E-state index in [1.54, 1.807) is 12.1 Å². The number of benzene rings is 1. The first-order valence-electron chi connectivity index (χ1n) is 15.9. The molecule has 0 spiro atoms. The van der Waals surface area contributed by atoms with Gasteiger partial charge in [0.15, 0.2) is 0 Å². The van der Waals surface area contributed by atoms with E-state index in [1.165, 1.54) is 12.1 Å². The van der Waals surface area contributed by atoms with Gasteiger partial charge < -0.3 is 25.1 Å².